The van der Waals surface area contributed by atoms with Crippen LogP contribution >= 0.6 is 0 Å². The van der Waals surface area contributed by atoms with Crippen LogP contribution in [-0.2, 0) is 28.6 Å². The fourth-order valence-electron chi connectivity index (χ4n) is 1.11. The van der Waals surface area contributed by atoms with Gasteiger partial charge in [0.1, 0.15) is 6.61 Å². The molecule has 0 aliphatic heterocycles. The Morgan fingerprint density at radius 2 is 1.55 bits per heavy atom. The zero-order valence-corrected chi connectivity index (χ0v) is 11.6. The molecule has 0 saturated carbocycles. The lowest BCUT2D eigenvalue weighted by Crippen LogP contribution is -2.18. The lowest BCUT2D eigenvalue weighted by Gasteiger charge is -2.06. The van der Waals surface area contributed by atoms with E-state index in [4.69, 9.17) is 19.3 Å². The third-order valence-corrected chi connectivity index (χ3v) is 2.15. The Bertz CT molecular complexity index is 306. The number of carboxylic acids is 1. The summed E-state index contributed by atoms with van der Waals surface area (Å²) in [6.45, 7) is 2.53. The van der Waals surface area contributed by atoms with Crippen molar-refractivity contribution in [1.82, 2.24) is 5.32 Å². The van der Waals surface area contributed by atoms with Gasteiger partial charge in [0.05, 0.1) is 32.8 Å². The van der Waals surface area contributed by atoms with Crippen LogP contribution in [0.3, 0.4) is 0 Å². The molecule has 0 aromatic heterocycles. The molecule has 0 aliphatic rings. The number of esters is 1. The SMILES string of the molecule is CNCCOCCOCCOC(=O)CCC(=O)C(=O)O. The number of likely N-dealkylation sites (N-methyl/N-ethyl adjacent to an activating group) is 1. The third kappa shape index (κ3) is 11.6. The van der Waals surface area contributed by atoms with E-state index in [-0.39, 0.29) is 26.1 Å². The first-order chi connectivity index (χ1) is 9.57. The Balaban J connectivity index is 3.31. The van der Waals surface area contributed by atoms with Gasteiger partial charge in [0, 0.05) is 13.0 Å². The zero-order valence-electron chi connectivity index (χ0n) is 11.6. The molecule has 8 nitrogen and oxygen atoms in total. The van der Waals surface area contributed by atoms with Crippen LogP contribution in [0.1, 0.15) is 12.8 Å². The van der Waals surface area contributed by atoms with E-state index in [1.165, 1.54) is 0 Å². The second kappa shape index (κ2) is 12.5. The maximum absolute atomic E-state index is 11.1. The van der Waals surface area contributed by atoms with Crippen molar-refractivity contribution in [2.75, 3.05) is 46.6 Å². The summed E-state index contributed by atoms with van der Waals surface area (Å²) in [5, 5.41) is 11.2. The summed E-state index contributed by atoms with van der Waals surface area (Å²) in [5.74, 6) is -3.16. The normalized spacial score (nSPS) is 10.2. The smallest absolute Gasteiger partial charge is 0.372 e. The molecule has 0 saturated heterocycles. The second-order valence-electron chi connectivity index (χ2n) is 3.78. The molecule has 0 atom stereocenters. The van der Waals surface area contributed by atoms with Gasteiger partial charge in [-0.2, -0.15) is 0 Å². The van der Waals surface area contributed by atoms with Gasteiger partial charge in [0.25, 0.3) is 0 Å². The molecule has 116 valence electrons. The summed E-state index contributed by atoms with van der Waals surface area (Å²) in [6, 6.07) is 0. The largest absolute Gasteiger partial charge is 0.476 e. The molecule has 0 radical (unpaired) electrons. The zero-order chi connectivity index (χ0) is 15.2. The average Bonchev–Trinajstić information content (AvgIpc) is 2.42. The van der Waals surface area contributed by atoms with Gasteiger partial charge in [-0.1, -0.05) is 0 Å². The lowest BCUT2D eigenvalue weighted by atomic mass is 10.2. The van der Waals surface area contributed by atoms with Gasteiger partial charge in [0.15, 0.2) is 0 Å². The topological polar surface area (TPSA) is 111 Å². The van der Waals surface area contributed by atoms with Crippen LogP contribution < -0.4 is 5.32 Å². The van der Waals surface area contributed by atoms with Crippen LogP contribution in [0, 0.1) is 0 Å². The average molecular weight is 291 g/mol. The summed E-state index contributed by atoms with van der Waals surface area (Å²) in [4.78, 5) is 32.0. The number of rotatable bonds is 13. The first kappa shape index (κ1) is 18.5. The van der Waals surface area contributed by atoms with Gasteiger partial charge in [-0.05, 0) is 7.05 Å². The van der Waals surface area contributed by atoms with E-state index in [1.807, 2.05) is 7.05 Å². The fourth-order valence-corrected chi connectivity index (χ4v) is 1.11. The van der Waals surface area contributed by atoms with Crippen molar-refractivity contribution >= 4 is 17.7 Å². The van der Waals surface area contributed by atoms with Gasteiger partial charge < -0.3 is 24.6 Å². The Morgan fingerprint density at radius 3 is 2.15 bits per heavy atom. The van der Waals surface area contributed by atoms with Crippen LogP contribution in [-0.4, -0.2) is 69.5 Å². The molecular weight excluding hydrogens is 270 g/mol. The second-order valence-corrected chi connectivity index (χ2v) is 3.78. The molecule has 0 aromatic carbocycles. The highest BCUT2D eigenvalue weighted by Gasteiger charge is 2.13. The number of ketones is 1. The van der Waals surface area contributed by atoms with Gasteiger partial charge in [-0.3, -0.25) is 9.59 Å². The van der Waals surface area contributed by atoms with Crippen molar-refractivity contribution < 1.29 is 33.7 Å². The number of Topliss-reactive ketones (excluding diaryl/α,β-unsaturated/α-hetero) is 1. The number of ether oxygens (including phenoxy) is 3. The minimum Gasteiger partial charge on any atom is -0.476 e. The van der Waals surface area contributed by atoms with E-state index >= 15 is 0 Å². The van der Waals surface area contributed by atoms with Gasteiger partial charge in [-0.15, -0.1) is 0 Å². The minimum atomic E-state index is -1.54. The van der Waals surface area contributed by atoms with Crippen LogP contribution in [0.25, 0.3) is 0 Å². The van der Waals surface area contributed by atoms with Crippen LogP contribution in [0.5, 0.6) is 0 Å². The van der Waals surface area contributed by atoms with E-state index in [1.54, 1.807) is 0 Å². The lowest BCUT2D eigenvalue weighted by molar-refractivity contribution is -0.151. The minimum absolute atomic E-state index is 0.0661. The number of carbonyl (C=O) groups excluding carboxylic acids is 2. The number of hydrogen-bond acceptors (Lipinski definition) is 7. The predicted molar refractivity (Wildman–Crippen MR) is 68.4 cm³/mol. The Hall–Kier alpha value is -1.51. The summed E-state index contributed by atoms with van der Waals surface area (Å²) in [5.41, 5.74) is 0. The Morgan fingerprint density at radius 1 is 0.950 bits per heavy atom. The van der Waals surface area contributed by atoms with E-state index < -0.39 is 17.7 Å². The molecule has 20 heavy (non-hydrogen) atoms. The van der Waals surface area contributed by atoms with Crippen molar-refractivity contribution in [2.24, 2.45) is 0 Å². The molecular formula is C12H21NO7. The molecule has 0 amide bonds. The Kier molecular flexibility index (Phi) is 11.6. The number of carbonyl (C=O) groups is 3. The third-order valence-electron chi connectivity index (χ3n) is 2.15. The maximum Gasteiger partial charge on any atom is 0.372 e. The molecule has 2 N–H and O–H groups in total. The first-order valence-corrected chi connectivity index (χ1v) is 6.29. The molecule has 0 fully saturated rings. The van der Waals surface area contributed by atoms with Crippen LogP contribution in [0.4, 0.5) is 0 Å². The van der Waals surface area contributed by atoms with E-state index in [2.05, 4.69) is 5.32 Å². The predicted octanol–water partition coefficient (Wildman–Crippen LogP) is -0.784. The molecule has 0 bridgehead atoms. The summed E-state index contributed by atoms with van der Waals surface area (Å²) in [7, 11) is 1.83. The molecule has 0 aromatic rings. The van der Waals surface area contributed by atoms with Crippen molar-refractivity contribution in [2.45, 2.75) is 12.8 Å². The van der Waals surface area contributed by atoms with Crippen molar-refractivity contribution in [3.63, 3.8) is 0 Å². The highest BCUT2D eigenvalue weighted by atomic mass is 16.6. The summed E-state index contributed by atoms with van der Waals surface area (Å²) in [6.07, 6.45) is -0.591. The van der Waals surface area contributed by atoms with Gasteiger partial charge in [-0.25, -0.2) is 4.79 Å². The fraction of sp³-hybridized carbons (Fsp3) is 0.750. The summed E-state index contributed by atoms with van der Waals surface area (Å²) >= 11 is 0. The summed E-state index contributed by atoms with van der Waals surface area (Å²) < 4.78 is 15.1. The molecule has 0 aliphatic carbocycles. The number of nitrogens with one attached hydrogen (secondary N) is 1. The van der Waals surface area contributed by atoms with Gasteiger partial charge in [0.2, 0.25) is 5.78 Å². The standard InChI is InChI=1S/C12H21NO7/c1-13-4-5-18-6-7-19-8-9-20-11(15)3-2-10(14)12(16)17/h13H,2-9H2,1H3,(H,16,17). The number of hydrogen-bond donors (Lipinski definition) is 2. The number of carboxylic acid groups (broad SMARTS) is 1. The highest BCUT2D eigenvalue weighted by molar-refractivity contribution is 6.32. The van der Waals surface area contributed by atoms with Crippen LogP contribution in [0.2, 0.25) is 0 Å². The molecule has 0 heterocycles. The molecule has 0 unspecified atom stereocenters. The number of aliphatic carboxylic acids is 1. The van der Waals surface area contributed by atoms with Crippen LogP contribution in [0.15, 0.2) is 0 Å². The monoisotopic (exact) mass is 291 g/mol. The van der Waals surface area contributed by atoms with E-state index in [0.717, 1.165) is 6.54 Å². The molecule has 0 rings (SSSR count). The van der Waals surface area contributed by atoms with Crippen molar-refractivity contribution in [1.29, 1.82) is 0 Å². The van der Waals surface area contributed by atoms with Crippen molar-refractivity contribution in [3.05, 3.63) is 0 Å². The van der Waals surface area contributed by atoms with Gasteiger partial charge >= 0.3 is 11.9 Å². The molecule has 0 spiro atoms. The molecule has 8 heteroatoms. The van der Waals surface area contributed by atoms with E-state index in [9.17, 15) is 14.4 Å². The first-order valence-electron chi connectivity index (χ1n) is 6.29. The Labute approximate surface area is 117 Å². The van der Waals surface area contributed by atoms with E-state index in [0.29, 0.717) is 19.8 Å². The van der Waals surface area contributed by atoms with Crippen molar-refractivity contribution in [3.8, 4) is 0 Å². The highest BCUT2D eigenvalue weighted by Crippen LogP contribution is 1.95. The quantitative estimate of drug-likeness (QED) is 0.258. The maximum atomic E-state index is 11.1.